The lowest BCUT2D eigenvalue weighted by atomic mass is 10.1. The minimum absolute atomic E-state index is 0.933. The van der Waals surface area contributed by atoms with Crippen LogP contribution in [0.1, 0.15) is 12.0 Å². The van der Waals surface area contributed by atoms with Crippen LogP contribution < -0.4 is 5.73 Å². The van der Waals surface area contributed by atoms with Gasteiger partial charge in [0, 0.05) is 12.2 Å². The Morgan fingerprint density at radius 1 is 1.23 bits per heavy atom. The monoisotopic (exact) mass is 176 g/mol. The van der Waals surface area contributed by atoms with Crippen LogP contribution in [0.25, 0.3) is 0 Å². The summed E-state index contributed by atoms with van der Waals surface area (Å²) in [4.78, 5) is 2.46. The van der Waals surface area contributed by atoms with Crippen LogP contribution in [0.15, 0.2) is 24.3 Å². The molecule has 2 nitrogen and oxygen atoms in total. The van der Waals surface area contributed by atoms with Crippen molar-refractivity contribution < 1.29 is 0 Å². The quantitative estimate of drug-likeness (QED) is 0.707. The van der Waals surface area contributed by atoms with Gasteiger partial charge in [-0.1, -0.05) is 18.2 Å². The summed E-state index contributed by atoms with van der Waals surface area (Å²) in [6, 6.07) is 8.14. The first-order valence-corrected chi connectivity index (χ1v) is 4.92. The lowest BCUT2D eigenvalue weighted by Crippen LogP contribution is -2.38. The topological polar surface area (TPSA) is 29.3 Å². The standard InChI is InChI=1S/C11H16N2/c12-11-5-2-1-4-10(11)6-9-13-7-3-8-13/h1-2,4-5H,3,6-9,12H2. The summed E-state index contributed by atoms with van der Waals surface area (Å²) < 4.78 is 0. The van der Waals surface area contributed by atoms with Crippen molar-refractivity contribution in [3.63, 3.8) is 0 Å². The molecule has 1 saturated heterocycles. The fourth-order valence-electron chi connectivity index (χ4n) is 1.65. The Bertz CT molecular complexity index is 279. The number of likely N-dealkylation sites (tertiary alicyclic amines) is 1. The summed E-state index contributed by atoms with van der Waals surface area (Å²) in [5, 5.41) is 0. The lowest BCUT2D eigenvalue weighted by Gasteiger charge is -2.30. The highest BCUT2D eigenvalue weighted by Crippen LogP contribution is 2.13. The van der Waals surface area contributed by atoms with Crippen molar-refractivity contribution in [2.24, 2.45) is 0 Å². The van der Waals surface area contributed by atoms with Gasteiger partial charge in [0.1, 0.15) is 0 Å². The minimum Gasteiger partial charge on any atom is -0.399 e. The Hall–Kier alpha value is -1.02. The number of rotatable bonds is 3. The molecule has 0 radical (unpaired) electrons. The van der Waals surface area contributed by atoms with E-state index in [0.29, 0.717) is 0 Å². The van der Waals surface area contributed by atoms with Gasteiger partial charge in [-0.25, -0.2) is 0 Å². The number of hydrogen-bond donors (Lipinski definition) is 1. The predicted octanol–water partition coefficient (Wildman–Crippen LogP) is 1.52. The molecule has 1 aliphatic heterocycles. The fraction of sp³-hybridized carbons (Fsp3) is 0.455. The van der Waals surface area contributed by atoms with E-state index in [1.54, 1.807) is 0 Å². The van der Waals surface area contributed by atoms with Gasteiger partial charge in [0.05, 0.1) is 0 Å². The average Bonchev–Trinajstić information content (AvgIpc) is 2.05. The van der Waals surface area contributed by atoms with Crippen molar-refractivity contribution in [2.45, 2.75) is 12.8 Å². The van der Waals surface area contributed by atoms with E-state index in [2.05, 4.69) is 17.0 Å². The molecule has 2 N–H and O–H groups in total. The van der Waals surface area contributed by atoms with Crippen LogP contribution in [0.2, 0.25) is 0 Å². The zero-order chi connectivity index (χ0) is 9.10. The first-order valence-electron chi connectivity index (χ1n) is 4.92. The zero-order valence-electron chi connectivity index (χ0n) is 7.87. The van der Waals surface area contributed by atoms with Crippen LogP contribution in [-0.4, -0.2) is 24.5 Å². The molecular formula is C11H16N2. The summed E-state index contributed by atoms with van der Waals surface area (Å²) in [5.41, 5.74) is 8.07. The van der Waals surface area contributed by atoms with Crippen LogP contribution in [0.3, 0.4) is 0 Å². The third kappa shape index (κ3) is 2.01. The van der Waals surface area contributed by atoms with Gasteiger partial charge in [0.15, 0.2) is 0 Å². The summed E-state index contributed by atoms with van der Waals surface area (Å²) in [5.74, 6) is 0. The van der Waals surface area contributed by atoms with Crippen molar-refractivity contribution in [1.29, 1.82) is 0 Å². The molecule has 0 unspecified atom stereocenters. The molecule has 1 heterocycles. The van der Waals surface area contributed by atoms with E-state index in [-0.39, 0.29) is 0 Å². The van der Waals surface area contributed by atoms with Gasteiger partial charge in [-0.05, 0) is 37.6 Å². The van der Waals surface area contributed by atoms with Gasteiger partial charge in [-0.2, -0.15) is 0 Å². The number of para-hydroxylation sites is 1. The van der Waals surface area contributed by atoms with Crippen molar-refractivity contribution in [1.82, 2.24) is 4.90 Å². The SMILES string of the molecule is Nc1ccccc1CCN1CCC1. The molecule has 0 aromatic heterocycles. The summed E-state index contributed by atoms with van der Waals surface area (Å²) in [6.45, 7) is 3.70. The Morgan fingerprint density at radius 2 is 2.00 bits per heavy atom. The number of hydrogen-bond acceptors (Lipinski definition) is 2. The Balaban J connectivity index is 1.89. The van der Waals surface area contributed by atoms with Gasteiger partial charge in [-0.3, -0.25) is 0 Å². The average molecular weight is 176 g/mol. The van der Waals surface area contributed by atoms with E-state index >= 15 is 0 Å². The Morgan fingerprint density at radius 3 is 2.62 bits per heavy atom. The third-order valence-electron chi connectivity index (χ3n) is 2.70. The molecule has 13 heavy (non-hydrogen) atoms. The highest BCUT2D eigenvalue weighted by molar-refractivity contribution is 5.46. The van der Waals surface area contributed by atoms with Gasteiger partial charge < -0.3 is 10.6 Å². The van der Waals surface area contributed by atoms with Gasteiger partial charge >= 0.3 is 0 Å². The molecule has 1 aliphatic rings. The molecule has 0 saturated carbocycles. The van der Waals surface area contributed by atoms with Crippen LogP contribution in [0.4, 0.5) is 5.69 Å². The van der Waals surface area contributed by atoms with Crippen LogP contribution in [0, 0.1) is 0 Å². The van der Waals surface area contributed by atoms with Crippen molar-refractivity contribution in [2.75, 3.05) is 25.4 Å². The molecule has 1 fully saturated rings. The number of benzene rings is 1. The van der Waals surface area contributed by atoms with Crippen LogP contribution in [-0.2, 0) is 6.42 Å². The predicted molar refractivity (Wildman–Crippen MR) is 55.6 cm³/mol. The maximum Gasteiger partial charge on any atom is 0.0347 e. The summed E-state index contributed by atoms with van der Waals surface area (Å²) in [7, 11) is 0. The number of nitrogens with two attached hydrogens (primary N) is 1. The second-order valence-electron chi connectivity index (χ2n) is 3.64. The summed E-state index contributed by atoms with van der Waals surface area (Å²) in [6.07, 6.45) is 2.46. The zero-order valence-corrected chi connectivity index (χ0v) is 7.87. The number of nitrogens with zero attached hydrogens (tertiary/aromatic N) is 1. The van der Waals surface area contributed by atoms with Crippen LogP contribution in [0.5, 0.6) is 0 Å². The Kier molecular flexibility index (Phi) is 2.50. The van der Waals surface area contributed by atoms with E-state index in [1.807, 2.05) is 12.1 Å². The molecule has 2 rings (SSSR count). The molecule has 70 valence electrons. The summed E-state index contributed by atoms with van der Waals surface area (Å²) >= 11 is 0. The number of anilines is 1. The Labute approximate surface area is 79.4 Å². The molecule has 0 spiro atoms. The van der Waals surface area contributed by atoms with Crippen molar-refractivity contribution >= 4 is 5.69 Å². The normalized spacial score (nSPS) is 16.9. The van der Waals surface area contributed by atoms with E-state index in [1.165, 1.54) is 25.1 Å². The second-order valence-corrected chi connectivity index (χ2v) is 3.64. The molecular weight excluding hydrogens is 160 g/mol. The molecule has 0 atom stereocenters. The van der Waals surface area contributed by atoms with E-state index in [4.69, 9.17) is 5.73 Å². The highest BCUT2D eigenvalue weighted by atomic mass is 15.2. The molecule has 0 amide bonds. The largest absolute Gasteiger partial charge is 0.399 e. The maximum atomic E-state index is 5.85. The van der Waals surface area contributed by atoms with Gasteiger partial charge in [0.25, 0.3) is 0 Å². The number of nitrogen functional groups attached to an aromatic ring is 1. The fourth-order valence-corrected chi connectivity index (χ4v) is 1.65. The molecule has 1 aromatic carbocycles. The van der Waals surface area contributed by atoms with Gasteiger partial charge in [0.2, 0.25) is 0 Å². The van der Waals surface area contributed by atoms with E-state index in [9.17, 15) is 0 Å². The molecule has 0 aliphatic carbocycles. The maximum absolute atomic E-state index is 5.85. The third-order valence-corrected chi connectivity index (χ3v) is 2.70. The molecule has 2 heteroatoms. The van der Waals surface area contributed by atoms with E-state index < -0.39 is 0 Å². The first kappa shape index (κ1) is 8.57. The second kappa shape index (κ2) is 3.79. The first-order chi connectivity index (χ1) is 6.36. The van der Waals surface area contributed by atoms with Crippen LogP contribution >= 0.6 is 0 Å². The van der Waals surface area contributed by atoms with Crippen molar-refractivity contribution in [3.8, 4) is 0 Å². The van der Waals surface area contributed by atoms with Crippen molar-refractivity contribution in [3.05, 3.63) is 29.8 Å². The van der Waals surface area contributed by atoms with Gasteiger partial charge in [-0.15, -0.1) is 0 Å². The van der Waals surface area contributed by atoms with E-state index in [0.717, 1.165) is 18.7 Å². The molecule has 1 aromatic rings. The molecule has 0 bridgehead atoms. The minimum atomic E-state index is 0.933. The highest BCUT2D eigenvalue weighted by Gasteiger charge is 2.12. The lowest BCUT2D eigenvalue weighted by molar-refractivity contribution is 0.184. The smallest absolute Gasteiger partial charge is 0.0347 e.